The SMILES string of the molecule is NC(=O)CN(CCCCO)Cc1ccc(N)cc1. The molecule has 0 heterocycles. The van der Waals surface area contributed by atoms with Crippen LogP contribution in [0.2, 0.25) is 0 Å². The highest BCUT2D eigenvalue weighted by atomic mass is 16.2. The molecule has 0 unspecified atom stereocenters. The number of benzene rings is 1. The number of nitrogens with two attached hydrogens (primary N) is 2. The molecule has 0 saturated heterocycles. The van der Waals surface area contributed by atoms with Gasteiger partial charge in [-0.2, -0.15) is 0 Å². The fraction of sp³-hybridized carbons (Fsp3) is 0.462. The molecule has 1 aromatic rings. The van der Waals surface area contributed by atoms with Crippen LogP contribution in [0, 0.1) is 0 Å². The van der Waals surface area contributed by atoms with Gasteiger partial charge in [0.05, 0.1) is 6.54 Å². The molecule has 0 aliphatic heterocycles. The second kappa shape index (κ2) is 7.68. The lowest BCUT2D eigenvalue weighted by molar-refractivity contribution is -0.119. The third-order valence-electron chi connectivity index (χ3n) is 2.65. The summed E-state index contributed by atoms with van der Waals surface area (Å²) in [7, 11) is 0. The van der Waals surface area contributed by atoms with Crippen LogP contribution in [0.25, 0.3) is 0 Å². The first-order valence-electron chi connectivity index (χ1n) is 6.07. The minimum atomic E-state index is -0.338. The van der Waals surface area contributed by atoms with E-state index in [2.05, 4.69) is 0 Å². The number of nitrogen functional groups attached to an aromatic ring is 1. The fourth-order valence-corrected chi connectivity index (χ4v) is 1.76. The zero-order valence-corrected chi connectivity index (χ0v) is 10.5. The number of hydrogen-bond donors (Lipinski definition) is 3. The Morgan fingerprint density at radius 3 is 2.44 bits per heavy atom. The largest absolute Gasteiger partial charge is 0.399 e. The van der Waals surface area contributed by atoms with Gasteiger partial charge in [0.25, 0.3) is 0 Å². The summed E-state index contributed by atoms with van der Waals surface area (Å²) < 4.78 is 0. The number of aliphatic hydroxyl groups excluding tert-OH is 1. The van der Waals surface area contributed by atoms with Crippen molar-refractivity contribution in [1.29, 1.82) is 0 Å². The maximum Gasteiger partial charge on any atom is 0.231 e. The molecule has 0 aliphatic carbocycles. The number of aliphatic hydroxyl groups is 1. The lowest BCUT2D eigenvalue weighted by atomic mass is 10.2. The summed E-state index contributed by atoms with van der Waals surface area (Å²) in [5, 5.41) is 8.76. The van der Waals surface area contributed by atoms with Crippen LogP contribution in [-0.2, 0) is 11.3 Å². The molecule has 0 fully saturated rings. The van der Waals surface area contributed by atoms with Crippen LogP contribution in [0.1, 0.15) is 18.4 Å². The minimum Gasteiger partial charge on any atom is -0.399 e. The number of amides is 1. The number of carbonyl (C=O) groups is 1. The Hall–Kier alpha value is -1.59. The second-order valence-corrected chi connectivity index (χ2v) is 4.35. The smallest absolute Gasteiger partial charge is 0.231 e. The van der Waals surface area contributed by atoms with E-state index in [4.69, 9.17) is 16.6 Å². The quantitative estimate of drug-likeness (QED) is 0.458. The monoisotopic (exact) mass is 251 g/mol. The highest BCUT2D eigenvalue weighted by molar-refractivity contribution is 5.75. The van der Waals surface area contributed by atoms with Crippen LogP contribution >= 0.6 is 0 Å². The van der Waals surface area contributed by atoms with Gasteiger partial charge in [-0.15, -0.1) is 0 Å². The molecule has 0 atom stereocenters. The first-order chi connectivity index (χ1) is 8.61. The number of rotatable bonds is 8. The van der Waals surface area contributed by atoms with Gasteiger partial charge in [0.2, 0.25) is 5.91 Å². The van der Waals surface area contributed by atoms with Crippen LogP contribution in [0.3, 0.4) is 0 Å². The minimum absolute atomic E-state index is 0.173. The number of primary amides is 1. The van der Waals surface area contributed by atoms with E-state index >= 15 is 0 Å². The molecule has 0 aliphatic rings. The second-order valence-electron chi connectivity index (χ2n) is 4.35. The Morgan fingerprint density at radius 1 is 1.22 bits per heavy atom. The molecule has 5 heteroatoms. The van der Waals surface area contributed by atoms with Crippen LogP contribution in [-0.4, -0.2) is 35.6 Å². The highest BCUT2D eigenvalue weighted by Crippen LogP contribution is 2.09. The van der Waals surface area contributed by atoms with E-state index in [1.54, 1.807) is 0 Å². The normalized spacial score (nSPS) is 10.8. The van der Waals surface area contributed by atoms with Crippen molar-refractivity contribution in [1.82, 2.24) is 4.90 Å². The van der Waals surface area contributed by atoms with Crippen molar-refractivity contribution >= 4 is 11.6 Å². The summed E-state index contributed by atoms with van der Waals surface area (Å²) in [4.78, 5) is 13.0. The van der Waals surface area contributed by atoms with Gasteiger partial charge in [-0.3, -0.25) is 9.69 Å². The van der Waals surface area contributed by atoms with Gasteiger partial charge in [0, 0.05) is 18.8 Å². The summed E-state index contributed by atoms with van der Waals surface area (Å²) in [5.74, 6) is -0.338. The van der Waals surface area contributed by atoms with Gasteiger partial charge in [-0.25, -0.2) is 0 Å². The molecule has 0 spiro atoms. The van der Waals surface area contributed by atoms with E-state index in [9.17, 15) is 4.79 Å². The molecule has 5 nitrogen and oxygen atoms in total. The average molecular weight is 251 g/mol. The fourth-order valence-electron chi connectivity index (χ4n) is 1.76. The van der Waals surface area contributed by atoms with E-state index in [0.29, 0.717) is 6.54 Å². The van der Waals surface area contributed by atoms with Crippen LogP contribution in [0.5, 0.6) is 0 Å². The lowest BCUT2D eigenvalue weighted by Gasteiger charge is -2.20. The van der Waals surface area contributed by atoms with Crippen molar-refractivity contribution in [2.24, 2.45) is 5.73 Å². The maximum absolute atomic E-state index is 11.0. The molecule has 0 radical (unpaired) electrons. The summed E-state index contributed by atoms with van der Waals surface area (Å²) in [6.07, 6.45) is 1.58. The maximum atomic E-state index is 11.0. The molecule has 0 saturated carbocycles. The lowest BCUT2D eigenvalue weighted by Crippen LogP contribution is -2.34. The zero-order valence-electron chi connectivity index (χ0n) is 10.5. The average Bonchev–Trinajstić information content (AvgIpc) is 2.31. The Balaban J connectivity index is 2.53. The van der Waals surface area contributed by atoms with Crippen molar-refractivity contribution in [3.8, 4) is 0 Å². The van der Waals surface area contributed by atoms with E-state index in [1.807, 2.05) is 29.2 Å². The Morgan fingerprint density at radius 2 is 1.89 bits per heavy atom. The first-order valence-corrected chi connectivity index (χ1v) is 6.07. The van der Waals surface area contributed by atoms with Crippen molar-refractivity contribution in [2.45, 2.75) is 19.4 Å². The van der Waals surface area contributed by atoms with E-state index in [0.717, 1.165) is 30.6 Å². The van der Waals surface area contributed by atoms with Gasteiger partial charge >= 0.3 is 0 Å². The molecule has 100 valence electrons. The van der Waals surface area contributed by atoms with Crippen molar-refractivity contribution in [3.05, 3.63) is 29.8 Å². The number of carbonyl (C=O) groups excluding carboxylic acids is 1. The predicted octanol–water partition coefficient (Wildman–Crippen LogP) is 0.329. The predicted molar refractivity (Wildman–Crippen MR) is 71.6 cm³/mol. The van der Waals surface area contributed by atoms with Crippen LogP contribution in [0.15, 0.2) is 24.3 Å². The molecule has 1 amide bonds. The van der Waals surface area contributed by atoms with E-state index in [1.165, 1.54) is 0 Å². The first kappa shape index (κ1) is 14.5. The highest BCUT2D eigenvalue weighted by Gasteiger charge is 2.08. The molecule has 0 bridgehead atoms. The van der Waals surface area contributed by atoms with Crippen LogP contribution < -0.4 is 11.5 Å². The Labute approximate surface area is 107 Å². The summed E-state index contributed by atoms with van der Waals surface area (Å²) in [6, 6.07) is 7.56. The molecular weight excluding hydrogens is 230 g/mol. The third-order valence-corrected chi connectivity index (χ3v) is 2.65. The van der Waals surface area contributed by atoms with Gasteiger partial charge < -0.3 is 16.6 Å². The summed E-state index contributed by atoms with van der Waals surface area (Å²) in [6.45, 7) is 1.81. The molecule has 1 aromatic carbocycles. The molecule has 5 N–H and O–H groups in total. The zero-order chi connectivity index (χ0) is 13.4. The Kier molecular flexibility index (Phi) is 6.18. The molecular formula is C13H21N3O2. The van der Waals surface area contributed by atoms with Gasteiger partial charge in [-0.1, -0.05) is 12.1 Å². The van der Waals surface area contributed by atoms with Crippen LogP contribution in [0.4, 0.5) is 5.69 Å². The summed E-state index contributed by atoms with van der Waals surface area (Å²) >= 11 is 0. The van der Waals surface area contributed by atoms with Crippen molar-refractivity contribution in [2.75, 3.05) is 25.4 Å². The number of hydrogen-bond acceptors (Lipinski definition) is 4. The summed E-state index contributed by atoms with van der Waals surface area (Å²) in [5.41, 5.74) is 12.7. The molecule has 0 aromatic heterocycles. The van der Waals surface area contributed by atoms with Gasteiger partial charge in [0.1, 0.15) is 0 Å². The standard InChI is InChI=1S/C13H21N3O2/c14-12-5-3-11(4-6-12)9-16(10-13(15)18)7-1-2-8-17/h3-6,17H,1-2,7-10,14H2,(H2,15,18). The van der Waals surface area contributed by atoms with Gasteiger partial charge in [0.15, 0.2) is 0 Å². The molecule has 1 rings (SSSR count). The van der Waals surface area contributed by atoms with E-state index in [-0.39, 0.29) is 19.1 Å². The van der Waals surface area contributed by atoms with Crippen molar-refractivity contribution < 1.29 is 9.90 Å². The molecule has 18 heavy (non-hydrogen) atoms. The topological polar surface area (TPSA) is 92.6 Å². The number of anilines is 1. The third kappa shape index (κ3) is 5.65. The Bertz CT molecular complexity index is 365. The van der Waals surface area contributed by atoms with Gasteiger partial charge in [-0.05, 0) is 37.1 Å². The number of unbranched alkanes of at least 4 members (excludes halogenated alkanes) is 1. The van der Waals surface area contributed by atoms with Crippen molar-refractivity contribution in [3.63, 3.8) is 0 Å². The number of nitrogens with zero attached hydrogens (tertiary/aromatic N) is 1. The van der Waals surface area contributed by atoms with E-state index < -0.39 is 0 Å².